The maximum absolute atomic E-state index is 13.0. The van der Waals surface area contributed by atoms with E-state index < -0.39 is 0 Å². The van der Waals surface area contributed by atoms with Crippen LogP contribution in [-0.4, -0.2) is 13.7 Å². The van der Waals surface area contributed by atoms with E-state index in [9.17, 15) is 4.39 Å². The summed E-state index contributed by atoms with van der Waals surface area (Å²) in [5, 5.41) is 3.73. The fourth-order valence-corrected chi connectivity index (χ4v) is 3.77. The standard InChI is InChI=1S/C20H22FNO/c1-23-16-7-8-17-18(12-16)20(10-11-20)13-22-19(17)9-4-14-2-5-15(21)6-3-14/h2-3,5-8,12,19,22H,4,9-11,13H2,1H3. The van der Waals surface area contributed by atoms with Crippen LogP contribution < -0.4 is 10.1 Å². The molecule has 120 valence electrons. The minimum atomic E-state index is -0.169. The van der Waals surface area contributed by atoms with E-state index in [4.69, 9.17) is 4.74 Å². The highest BCUT2D eigenvalue weighted by Gasteiger charge is 2.48. The largest absolute Gasteiger partial charge is 0.497 e. The lowest BCUT2D eigenvalue weighted by atomic mass is 9.82. The van der Waals surface area contributed by atoms with Crippen LogP contribution >= 0.6 is 0 Å². The van der Waals surface area contributed by atoms with Crippen molar-refractivity contribution >= 4 is 0 Å². The van der Waals surface area contributed by atoms with Crippen molar-refractivity contribution in [1.82, 2.24) is 5.32 Å². The second-order valence-corrected chi connectivity index (χ2v) is 6.83. The van der Waals surface area contributed by atoms with Crippen molar-refractivity contribution in [2.24, 2.45) is 0 Å². The fourth-order valence-electron chi connectivity index (χ4n) is 3.77. The number of methoxy groups -OCH3 is 1. The monoisotopic (exact) mass is 311 g/mol. The first-order valence-electron chi connectivity index (χ1n) is 8.36. The third-order valence-corrected chi connectivity index (χ3v) is 5.38. The molecule has 1 spiro atoms. The lowest BCUT2D eigenvalue weighted by Crippen LogP contribution is -2.37. The molecule has 1 N–H and O–H groups in total. The minimum absolute atomic E-state index is 0.169. The molecule has 0 aromatic heterocycles. The third kappa shape index (κ3) is 2.74. The first kappa shape index (κ1) is 14.7. The van der Waals surface area contributed by atoms with Gasteiger partial charge < -0.3 is 10.1 Å². The van der Waals surface area contributed by atoms with E-state index in [2.05, 4.69) is 23.5 Å². The van der Waals surface area contributed by atoms with Crippen LogP contribution in [0.5, 0.6) is 5.75 Å². The first-order chi connectivity index (χ1) is 11.2. The quantitative estimate of drug-likeness (QED) is 0.916. The zero-order valence-electron chi connectivity index (χ0n) is 13.4. The van der Waals surface area contributed by atoms with Crippen LogP contribution in [0.1, 0.15) is 42.0 Å². The SMILES string of the molecule is COc1ccc2c(c1)C1(CC1)CNC2CCc1ccc(F)cc1. The van der Waals surface area contributed by atoms with Crippen molar-refractivity contribution in [1.29, 1.82) is 0 Å². The summed E-state index contributed by atoms with van der Waals surface area (Å²) in [6, 6.07) is 13.7. The molecule has 2 aliphatic rings. The van der Waals surface area contributed by atoms with E-state index in [0.29, 0.717) is 11.5 Å². The summed E-state index contributed by atoms with van der Waals surface area (Å²) in [4.78, 5) is 0. The van der Waals surface area contributed by atoms with Gasteiger partial charge in [0.1, 0.15) is 11.6 Å². The average molecular weight is 311 g/mol. The van der Waals surface area contributed by atoms with E-state index in [0.717, 1.165) is 25.1 Å². The average Bonchev–Trinajstić information content (AvgIpc) is 3.36. The van der Waals surface area contributed by atoms with E-state index in [-0.39, 0.29) is 5.82 Å². The Kier molecular flexibility index (Phi) is 3.61. The normalized spacial score (nSPS) is 21.0. The Hall–Kier alpha value is -1.87. The molecule has 2 aromatic carbocycles. The Balaban J connectivity index is 1.55. The van der Waals surface area contributed by atoms with Crippen LogP contribution in [0.15, 0.2) is 42.5 Å². The third-order valence-electron chi connectivity index (χ3n) is 5.38. The van der Waals surface area contributed by atoms with E-state index in [1.807, 2.05) is 12.1 Å². The van der Waals surface area contributed by atoms with Gasteiger partial charge in [0.05, 0.1) is 7.11 Å². The number of ether oxygens (including phenoxy) is 1. The van der Waals surface area contributed by atoms with Gasteiger partial charge in [-0.1, -0.05) is 18.2 Å². The number of halogens is 1. The molecule has 1 aliphatic heterocycles. The van der Waals surface area contributed by atoms with Crippen molar-refractivity contribution in [3.05, 3.63) is 65.0 Å². The highest BCUT2D eigenvalue weighted by molar-refractivity contribution is 5.47. The summed E-state index contributed by atoms with van der Waals surface area (Å²) in [5.41, 5.74) is 4.42. The Bertz CT molecular complexity index is 706. The molecule has 1 aliphatic carbocycles. The molecule has 2 aromatic rings. The zero-order valence-corrected chi connectivity index (χ0v) is 13.4. The molecule has 0 bridgehead atoms. The molecule has 1 unspecified atom stereocenters. The molecular formula is C20H22FNO. The van der Waals surface area contributed by atoms with Gasteiger partial charge in [-0.15, -0.1) is 0 Å². The van der Waals surface area contributed by atoms with E-state index in [1.165, 1.54) is 29.5 Å². The molecule has 4 rings (SSSR count). The fraction of sp³-hybridized carbons (Fsp3) is 0.400. The predicted octanol–water partition coefficient (Wildman–Crippen LogP) is 4.14. The molecule has 0 saturated heterocycles. The van der Waals surface area contributed by atoms with E-state index >= 15 is 0 Å². The topological polar surface area (TPSA) is 21.3 Å². The van der Waals surface area contributed by atoms with Gasteiger partial charge in [0, 0.05) is 18.0 Å². The second kappa shape index (κ2) is 5.64. The van der Waals surface area contributed by atoms with Gasteiger partial charge in [-0.25, -0.2) is 4.39 Å². The molecule has 3 heteroatoms. The summed E-state index contributed by atoms with van der Waals surface area (Å²) < 4.78 is 18.4. The molecule has 1 saturated carbocycles. The summed E-state index contributed by atoms with van der Waals surface area (Å²) >= 11 is 0. The Morgan fingerprint density at radius 1 is 1.17 bits per heavy atom. The number of hydrogen-bond donors (Lipinski definition) is 1. The summed E-state index contributed by atoms with van der Waals surface area (Å²) in [6.07, 6.45) is 4.52. The van der Waals surface area contributed by atoms with Gasteiger partial charge in [0.15, 0.2) is 0 Å². The second-order valence-electron chi connectivity index (χ2n) is 6.83. The molecule has 2 nitrogen and oxygen atoms in total. The molecule has 0 radical (unpaired) electrons. The molecule has 1 atom stereocenters. The van der Waals surface area contributed by atoms with Crippen LogP contribution in [0.4, 0.5) is 4.39 Å². The van der Waals surface area contributed by atoms with Crippen molar-refractivity contribution < 1.29 is 9.13 Å². The van der Waals surface area contributed by atoms with Crippen LogP contribution in [0.2, 0.25) is 0 Å². The number of hydrogen-bond acceptors (Lipinski definition) is 2. The van der Waals surface area contributed by atoms with Crippen LogP contribution in [-0.2, 0) is 11.8 Å². The van der Waals surface area contributed by atoms with Gasteiger partial charge in [-0.2, -0.15) is 0 Å². The number of fused-ring (bicyclic) bond motifs is 2. The van der Waals surface area contributed by atoms with Crippen LogP contribution in [0.3, 0.4) is 0 Å². The van der Waals surface area contributed by atoms with Gasteiger partial charge >= 0.3 is 0 Å². The van der Waals surface area contributed by atoms with Crippen LogP contribution in [0, 0.1) is 5.82 Å². The summed E-state index contributed by atoms with van der Waals surface area (Å²) in [5.74, 6) is 0.784. The maximum atomic E-state index is 13.0. The molecule has 1 fully saturated rings. The highest BCUT2D eigenvalue weighted by Crippen LogP contribution is 2.53. The minimum Gasteiger partial charge on any atom is -0.497 e. The van der Waals surface area contributed by atoms with Crippen LogP contribution in [0.25, 0.3) is 0 Å². The zero-order chi connectivity index (χ0) is 15.9. The maximum Gasteiger partial charge on any atom is 0.123 e. The Morgan fingerprint density at radius 3 is 2.65 bits per heavy atom. The molecule has 0 amide bonds. The van der Waals surface area contributed by atoms with Gasteiger partial charge in [0.25, 0.3) is 0 Å². The number of nitrogens with one attached hydrogen (secondary N) is 1. The number of benzene rings is 2. The van der Waals surface area contributed by atoms with Gasteiger partial charge in [0.2, 0.25) is 0 Å². The van der Waals surface area contributed by atoms with Crippen molar-refractivity contribution in [2.75, 3.05) is 13.7 Å². The Morgan fingerprint density at radius 2 is 1.96 bits per heavy atom. The summed E-state index contributed by atoms with van der Waals surface area (Å²) in [7, 11) is 1.73. The lowest BCUT2D eigenvalue weighted by Gasteiger charge is -2.33. The number of rotatable bonds is 4. The van der Waals surface area contributed by atoms with Crippen molar-refractivity contribution in [2.45, 2.75) is 37.1 Å². The van der Waals surface area contributed by atoms with Crippen molar-refractivity contribution in [3.63, 3.8) is 0 Å². The lowest BCUT2D eigenvalue weighted by molar-refractivity contribution is 0.401. The summed E-state index contributed by atoms with van der Waals surface area (Å²) in [6.45, 7) is 1.06. The first-order valence-corrected chi connectivity index (χ1v) is 8.36. The molecule has 23 heavy (non-hydrogen) atoms. The highest BCUT2D eigenvalue weighted by atomic mass is 19.1. The predicted molar refractivity (Wildman–Crippen MR) is 89.4 cm³/mol. The molecule has 1 heterocycles. The van der Waals surface area contributed by atoms with Gasteiger partial charge in [-0.3, -0.25) is 0 Å². The molecular weight excluding hydrogens is 289 g/mol. The van der Waals surface area contributed by atoms with Gasteiger partial charge in [-0.05, 0) is 66.6 Å². The Labute approximate surface area is 136 Å². The van der Waals surface area contributed by atoms with E-state index in [1.54, 1.807) is 19.2 Å². The number of aryl methyl sites for hydroxylation is 1. The smallest absolute Gasteiger partial charge is 0.123 e. The van der Waals surface area contributed by atoms with Crippen molar-refractivity contribution in [3.8, 4) is 5.75 Å².